The van der Waals surface area contributed by atoms with Gasteiger partial charge in [-0.05, 0) is 6.92 Å². The summed E-state index contributed by atoms with van der Waals surface area (Å²) in [4.78, 5) is 3.80. The fourth-order valence-electron chi connectivity index (χ4n) is 0.444. The van der Waals surface area contributed by atoms with Crippen LogP contribution in [0.15, 0.2) is 17.5 Å². The number of rotatable bonds is 0. The Labute approximate surface area is 47.9 Å². The minimum Gasteiger partial charge on any atom is -0.489 e. The lowest BCUT2D eigenvalue weighted by molar-refractivity contribution is 0.213. The van der Waals surface area contributed by atoms with E-state index in [9.17, 15) is 0 Å². The highest BCUT2D eigenvalue weighted by molar-refractivity contribution is 5.85. The van der Waals surface area contributed by atoms with Gasteiger partial charge < -0.3 is 10.5 Å². The molecule has 0 bridgehead atoms. The Morgan fingerprint density at radius 1 is 1.88 bits per heavy atom. The fourth-order valence-corrected chi connectivity index (χ4v) is 0.444. The predicted octanol–water partition coefficient (Wildman–Crippen LogP) is 0.234. The first-order valence-corrected chi connectivity index (χ1v) is 2.44. The Morgan fingerprint density at radius 2 is 2.62 bits per heavy atom. The third kappa shape index (κ3) is 0.804. The molecule has 44 valence electrons. The summed E-state index contributed by atoms with van der Waals surface area (Å²) >= 11 is 0. The third-order valence-corrected chi connectivity index (χ3v) is 0.984. The number of nitrogens with two attached hydrogens (primary N) is 1. The summed E-state index contributed by atoms with van der Waals surface area (Å²) in [7, 11) is 0. The molecule has 3 nitrogen and oxygen atoms in total. The molecule has 0 radical (unpaired) electrons. The van der Waals surface area contributed by atoms with Crippen LogP contribution in [0.4, 0.5) is 0 Å². The van der Waals surface area contributed by atoms with Crippen LogP contribution in [-0.2, 0) is 4.74 Å². The predicted molar refractivity (Wildman–Crippen MR) is 31.3 cm³/mol. The molecule has 1 atom stereocenters. The van der Waals surface area contributed by atoms with E-state index in [-0.39, 0.29) is 6.10 Å². The molecule has 1 aliphatic rings. The van der Waals surface area contributed by atoms with Crippen LogP contribution < -0.4 is 5.73 Å². The van der Waals surface area contributed by atoms with Crippen LogP contribution in [0.25, 0.3) is 0 Å². The summed E-state index contributed by atoms with van der Waals surface area (Å²) in [6.07, 6.45) is 3.01. The Hall–Kier alpha value is -0.990. The van der Waals surface area contributed by atoms with Crippen molar-refractivity contribution in [1.29, 1.82) is 0 Å². The molecule has 0 fully saturated rings. The second-order valence-corrected chi connectivity index (χ2v) is 1.62. The summed E-state index contributed by atoms with van der Waals surface area (Å²) in [6, 6.07) is 0. The van der Waals surface area contributed by atoms with Crippen molar-refractivity contribution in [2.45, 2.75) is 13.0 Å². The van der Waals surface area contributed by atoms with E-state index in [4.69, 9.17) is 10.5 Å². The maximum absolute atomic E-state index is 5.35. The molecule has 0 aromatic heterocycles. The van der Waals surface area contributed by atoms with Crippen LogP contribution in [0, 0.1) is 0 Å². The van der Waals surface area contributed by atoms with Crippen molar-refractivity contribution in [3.8, 4) is 0 Å². The second kappa shape index (κ2) is 1.86. The molecule has 0 aromatic rings. The van der Waals surface area contributed by atoms with E-state index in [0.717, 1.165) is 0 Å². The van der Waals surface area contributed by atoms with Crippen molar-refractivity contribution in [1.82, 2.24) is 0 Å². The summed E-state index contributed by atoms with van der Waals surface area (Å²) in [5.41, 5.74) is 5.35. The van der Waals surface area contributed by atoms with Gasteiger partial charge in [0.05, 0.1) is 6.20 Å². The zero-order chi connectivity index (χ0) is 5.98. The van der Waals surface area contributed by atoms with Gasteiger partial charge >= 0.3 is 0 Å². The van der Waals surface area contributed by atoms with Gasteiger partial charge in [0.25, 0.3) is 0 Å². The lowest BCUT2D eigenvalue weighted by Gasteiger charge is -2.12. The zero-order valence-corrected chi connectivity index (χ0v) is 4.66. The minimum atomic E-state index is -0.0556. The third-order valence-electron chi connectivity index (χ3n) is 0.984. The molecule has 0 saturated carbocycles. The van der Waals surface area contributed by atoms with Gasteiger partial charge in [-0.3, -0.25) is 0 Å². The van der Waals surface area contributed by atoms with Gasteiger partial charge in [-0.1, -0.05) is 0 Å². The SMILES string of the molecule is CC1OC=CN=C1N. The molecule has 1 aliphatic heterocycles. The average molecular weight is 112 g/mol. The quantitative estimate of drug-likeness (QED) is 0.487. The van der Waals surface area contributed by atoms with Gasteiger partial charge in [0.2, 0.25) is 0 Å². The van der Waals surface area contributed by atoms with Crippen LogP contribution >= 0.6 is 0 Å². The molecule has 1 heterocycles. The van der Waals surface area contributed by atoms with E-state index < -0.39 is 0 Å². The molecule has 1 rings (SSSR count). The van der Waals surface area contributed by atoms with Crippen molar-refractivity contribution in [3.05, 3.63) is 12.5 Å². The highest BCUT2D eigenvalue weighted by Gasteiger charge is 2.06. The molecular weight excluding hydrogens is 104 g/mol. The number of hydrogen-bond donors (Lipinski definition) is 1. The highest BCUT2D eigenvalue weighted by Crippen LogP contribution is 1.97. The first-order chi connectivity index (χ1) is 3.80. The van der Waals surface area contributed by atoms with E-state index >= 15 is 0 Å². The van der Waals surface area contributed by atoms with Crippen molar-refractivity contribution in [2.75, 3.05) is 0 Å². The standard InChI is InChI=1S/C5H8N2O/c1-4-5(6)7-2-3-8-4/h2-4H,1H3,(H2,6,7). The van der Waals surface area contributed by atoms with Crippen molar-refractivity contribution < 1.29 is 4.74 Å². The Bertz CT molecular complexity index is 139. The summed E-state index contributed by atoms with van der Waals surface area (Å²) in [5.74, 6) is 0.535. The number of hydrogen-bond acceptors (Lipinski definition) is 3. The lowest BCUT2D eigenvalue weighted by atomic mass is 10.4. The molecule has 0 spiro atoms. The van der Waals surface area contributed by atoms with Crippen molar-refractivity contribution in [3.63, 3.8) is 0 Å². The van der Waals surface area contributed by atoms with E-state index in [1.165, 1.54) is 12.5 Å². The topological polar surface area (TPSA) is 47.6 Å². The maximum Gasteiger partial charge on any atom is 0.152 e. The zero-order valence-electron chi connectivity index (χ0n) is 4.66. The summed E-state index contributed by atoms with van der Waals surface area (Å²) < 4.78 is 4.95. The van der Waals surface area contributed by atoms with Gasteiger partial charge in [-0.25, -0.2) is 4.99 Å². The van der Waals surface area contributed by atoms with E-state index in [2.05, 4.69) is 4.99 Å². The Balaban J connectivity index is 2.66. The molecule has 0 saturated heterocycles. The van der Waals surface area contributed by atoms with Gasteiger partial charge in [-0.15, -0.1) is 0 Å². The molecule has 3 heteroatoms. The van der Waals surface area contributed by atoms with Gasteiger partial charge in [0.15, 0.2) is 6.10 Å². The number of nitrogens with zero attached hydrogens (tertiary/aromatic N) is 1. The van der Waals surface area contributed by atoms with Crippen LogP contribution in [0.2, 0.25) is 0 Å². The smallest absolute Gasteiger partial charge is 0.152 e. The van der Waals surface area contributed by atoms with Gasteiger partial charge in [0.1, 0.15) is 12.1 Å². The summed E-state index contributed by atoms with van der Waals surface area (Å²) in [6.45, 7) is 1.85. The second-order valence-electron chi connectivity index (χ2n) is 1.62. The lowest BCUT2D eigenvalue weighted by Crippen LogP contribution is -2.28. The average Bonchev–Trinajstić information content (AvgIpc) is 1.77. The first kappa shape index (κ1) is 5.15. The Kier molecular flexibility index (Phi) is 1.20. The van der Waals surface area contributed by atoms with E-state index in [0.29, 0.717) is 5.84 Å². The van der Waals surface area contributed by atoms with Gasteiger partial charge in [-0.2, -0.15) is 0 Å². The largest absolute Gasteiger partial charge is 0.489 e. The van der Waals surface area contributed by atoms with Crippen LogP contribution in [0.1, 0.15) is 6.92 Å². The van der Waals surface area contributed by atoms with Crippen LogP contribution in [-0.4, -0.2) is 11.9 Å². The highest BCUT2D eigenvalue weighted by atomic mass is 16.5. The normalized spacial score (nSPS) is 26.6. The summed E-state index contributed by atoms with van der Waals surface area (Å²) in [5, 5.41) is 0. The molecule has 0 aliphatic carbocycles. The van der Waals surface area contributed by atoms with E-state index in [1.807, 2.05) is 6.92 Å². The number of aliphatic imine (C=N–C) groups is 1. The number of ether oxygens (including phenoxy) is 1. The maximum atomic E-state index is 5.35. The van der Waals surface area contributed by atoms with Gasteiger partial charge in [0, 0.05) is 0 Å². The minimum absolute atomic E-state index is 0.0556. The monoisotopic (exact) mass is 112 g/mol. The van der Waals surface area contributed by atoms with Crippen molar-refractivity contribution >= 4 is 5.84 Å². The molecule has 8 heavy (non-hydrogen) atoms. The van der Waals surface area contributed by atoms with Crippen molar-refractivity contribution in [2.24, 2.45) is 10.7 Å². The molecule has 2 N–H and O–H groups in total. The molecular formula is C5H8N2O. The number of amidine groups is 1. The first-order valence-electron chi connectivity index (χ1n) is 2.44. The van der Waals surface area contributed by atoms with E-state index in [1.54, 1.807) is 0 Å². The molecule has 0 aromatic carbocycles. The van der Waals surface area contributed by atoms with Crippen LogP contribution in [0.3, 0.4) is 0 Å². The molecule has 1 unspecified atom stereocenters. The fraction of sp³-hybridized carbons (Fsp3) is 0.400. The molecule has 0 amide bonds. The van der Waals surface area contributed by atoms with Crippen LogP contribution in [0.5, 0.6) is 0 Å². The Morgan fingerprint density at radius 3 is 3.00 bits per heavy atom.